The zero-order valence-electron chi connectivity index (χ0n) is 14.9. The van der Waals surface area contributed by atoms with Gasteiger partial charge in [-0.2, -0.15) is 0 Å². The summed E-state index contributed by atoms with van der Waals surface area (Å²) in [4.78, 5) is 2.60. The molecule has 6 rings (SSSR count). The number of amidine groups is 1. The average molecular weight is 365 g/mol. The molecule has 3 aliphatic heterocycles. The number of hydrogen-bond donors (Lipinski definition) is 0. The molecule has 1 saturated carbocycles. The van der Waals surface area contributed by atoms with Crippen molar-refractivity contribution in [3.05, 3.63) is 65.7 Å². The van der Waals surface area contributed by atoms with Gasteiger partial charge in [-0.15, -0.1) is 0 Å². The summed E-state index contributed by atoms with van der Waals surface area (Å²) in [6.45, 7) is 1.78. The quantitative estimate of drug-likeness (QED) is 0.727. The van der Waals surface area contributed by atoms with E-state index in [-0.39, 0.29) is 5.41 Å². The minimum Gasteiger partial charge on any atom is -0.489 e. The third-order valence-electron chi connectivity index (χ3n) is 6.18. The topological polar surface area (TPSA) is 24.8 Å². The third kappa shape index (κ3) is 2.71. The molecule has 3 fully saturated rings. The number of benzene rings is 2. The molecular formula is C22H24N2OS. The number of fused-ring (bicyclic) bond motifs is 2. The molecule has 2 aromatic carbocycles. The van der Waals surface area contributed by atoms with E-state index in [1.165, 1.54) is 42.6 Å². The molecule has 134 valence electrons. The van der Waals surface area contributed by atoms with Crippen LogP contribution in [-0.4, -0.2) is 29.1 Å². The smallest absolute Gasteiger partial charge is 0.123 e. The van der Waals surface area contributed by atoms with Crippen LogP contribution in [0.2, 0.25) is 0 Å². The van der Waals surface area contributed by atoms with Crippen LogP contribution in [0, 0.1) is 0 Å². The molecule has 3 nitrogen and oxygen atoms in total. The second-order valence-corrected chi connectivity index (χ2v) is 8.40. The molecule has 0 N–H and O–H groups in total. The van der Waals surface area contributed by atoms with E-state index in [9.17, 15) is 0 Å². The van der Waals surface area contributed by atoms with Crippen molar-refractivity contribution in [1.82, 2.24) is 4.90 Å². The van der Waals surface area contributed by atoms with Crippen molar-refractivity contribution < 1.29 is 4.74 Å². The summed E-state index contributed by atoms with van der Waals surface area (Å²) in [5.74, 6) is 3.41. The number of ether oxygens (including phenoxy) is 1. The summed E-state index contributed by atoms with van der Waals surface area (Å²) in [5.41, 5.74) is 2.74. The summed E-state index contributed by atoms with van der Waals surface area (Å²) in [6.07, 6.45) is 5.07. The Kier molecular flexibility index (Phi) is 4.16. The van der Waals surface area contributed by atoms with Crippen LogP contribution >= 0.6 is 11.9 Å². The van der Waals surface area contributed by atoms with Crippen LogP contribution in [0.15, 0.2) is 59.0 Å². The SMILES string of the molecule is c1ccc(COc2ccc(C34CCC(CC3)N3CCSN=C34)cc2)cc1. The van der Waals surface area contributed by atoms with Crippen LogP contribution in [0.1, 0.15) is 36.8 Å². The summed E-state index contributed by atoms with van der Waals surface area (Å²) in [6, 6.07) is 19.9. The van der Waals surface area contributed by atoms with Crippen LogP contribution in [0.5, 0.6) is 5.75 Å². The predicted octanol–water partition coefficient (Wildman–Crippen LogP) is 4.82. The van der Waals surface area contributed by atoms with Gasteiger partial charge in [0.05, 0.1) is 5.41 Å². The first-order valence-corrected chi connectivity index (χ1v) is 10.5. The highest BCUT2D eigenvalue weighted by atomic mass is 32.2. The van der Waals surface area contributed by atoms with Gasteiger partial charge in [0.1, 0.15) is 18.2 Å². The molecule has 1 aliphatic carbocycles. The van der Waals surface area contributed by atoms with Crippen molar-refractivity contribution in [3.8, 4) is 5.75 Å². The molecule has 0 amide bonds. The molecule has 2 bridgehead atoms. The monoisotopic (exact) mass is 364 g/mol. The van der Waals surface area contributed by atoms with Gasteiger partial charge in [-0.3, -0.25) is 0 Å². The fourth-order valence-corrected chi connectivity index (χ4v) is 5.55. The summed E-state index contributed by atoms with van der Waals surface area (Å²) in [7, 11) is 0. The first-order chi connectivity index (χ1) is 12.9. The van der Waals surface area contributed by atoms with Crippen molar-refractivity contribution in [2.24, 2.45) is 4.40 Å². The summed E-state index contributed by atoms with van der Waals surface area (Å²) >= 11 is 1.74. The Morgan fingerprint density at radius 1 is 1.04 bits per heavy atom. The van der Waals surface area contributed by atoms with Crippen LogP contribution in [0.4, 0.5) is 0 Å². The van der Waals surface area contributed by atoms with Crippen molar-refractivity contribution in [3.63, 3.8) is 0 Å². The molecule has 0 atom stereocenters. The zero-order chi connectivity index (χ0) is 17.4. The second-order valence-electron chi connectivity index (χ2n) is 7.55. The highest BCUT2D eigenvalue weighted by Crippen LogP contribution is 2.49. The van der Waals surface area contributed by atoms with Gasteiger partial charge in [-0.05, 0) is 60.9 Å². The summed E-state index contributed by atoms with van der Waals surface area (Å²) in [5, 5.41) is 0. The molecule has 3 heterocycles. The van der Waals surface area contributed by atoms with Crippen LogP contribution in [0.3, 0.4) is 0 Å². The largest absolute Gasteiger partial charge is 0.489 e. The van der Waals surface area contributed by atoms with Gasteiger partial charge in [0.15, 0.2) is 0 Å². The first kappa shape index (κ1) is 16.2. The van der Waals surface area contributed by atoms with Crippen molar-refractivity contribution in [1.29, 1.82) is 0 Å². The molecule has 2 aromatic rings. The lowest BCUT2D eigenvalue weighted by Crippen LogP contribution is -2.61. The molecule has 0 spiro atoms. The zero-order valence-corrected chi connectivity index (χ0v) is 15.8. The maximum absolute atomic E-state index is 5.97. The van der Waals surface area contributed by atoms with Crippen LogP contribution < -0.4 is 4.74 Å². The molecule has 0 aromatic heterocycles. The van der Waals surface area contributed by atoms with Gasteiger partial charge in [0, 0.05) is 18.3 Å². The standard InChI is InChI=1S/C22H24N2OS/c1-2-4-17(5-3-1)16-25-20-8-6-18(7-9-20)22-12-10-19(11-13-22)24-14-15-26-23-21(22)24/h1-9,19H,10-16H2. The van der Waals surface area contributed by atoms with Gasteiger partial charge in [0.2, 0.25) is 0 Å². The van der Waals surface area contributed by atoms with E-state index in [1.807, 2.05) is 6.07 Å². The lowest BCUT2D eigenvalue weighted by molar-refractivity contribution is 0.153. The highest BCUT2D eigenvalue weighted by Gasteiger charge is 2.51. The van der Waals surface area contributed by atoms with Crippen LogP contribution in [-0.2, 0) is 12.0 Å². The van der Waals surface area contributed by atoms with E-state index >= 15 is 0 Å². The molecular weight excluding hydrogens is 340 g/mol. The number of piperidine rings is 2. The fraction of sp³-hybridized carbons (Fsp3) is 0.409. The second kappa shape index (κ2) is 6.66. The predicted molar refractivity (Wildman–Crippen MR) is 108 cm³/mol. The minimum atomic E-state index is 0.125. The van der Waals surface area contributed by atoms with Gasteiger partial charge >= 0.3 is 0 Å². The number of hydrogen-bond acceptors (Lipinski definition) is 4. The van der Waals surface area contributed by atoms with Crippen molar-refractivity contribution >= 4 is 17.8 Å². The van der Waals surface area contributed by atoms with Crippen LogP contribution in [0.25, 0.3) is 0 Å². The molecule has 4 aliphatic rings. The molecule has 4 heteroatoms. The van der Waals surface area contributed by atoms with E-state index in [0.29, 0.717) is 6.61 Å². The summed E-state index contributed by atoms with van der Waals surface area (Å²) < 4.78 is 10.9. The number of rotatable bonds is 4. The van der Waals surface area contributed by atoms with Crippen molar-refractivity contribution in [2.45, 2.75) is 43.7 Å². The Bertz CT molecular complexity index is 795. The Labute approximate surface area is 159 Å². The van der Waals surface area contributed by atoms with Gasteiger partial charge in [-0.25, -0.2) is 4.40 Å². The minimum absolute atomic E-state index is 0.125. The molecule has 26 heavy (non-hydrogen) atoms. The Morgan fingerprint density at radius 3 is 2.58 bits per heavy atom. The fourth-order valence-electron chi connectivity index (χ4n) is 4.78. The Hall–Kier alpha value is -1.94. The first-order valence-electron chi connectivity index (χ1n) is 9.59. The Morgan fingerprint density at radius 2 is 1.81 bits per heavy atom. The van der Waals surface area contributed by atoms with E-state index in [2.05, 4.69) is 53.4 Å². The van der Waals surface area contributed by atoms with Gasteiger partial charge in [-0.1, -0.05) is 42.5 Å². The maximum Gasteiger partial charge on any atom is 0.123 e. The van der Waals surface area contributed by atoms with E-state index in [1.54, 1.807) is 11.9 Å². The van der Waals surface area contributed by atoms with Crippen molar-refractivity contribution in [2.75, 3.05) is 12.3 Å². The molecule has 0 unspecified atom stereocenters. The van der Waals surface area contributed by atoms with E-state index in [0.717, 1.165) is 24.1 Å². The average Bonchev–Trinajstić information content (AvgIpc) is 2.74. The normalized spacial score (nSPS) is 27.0. The third-order valence-corrected chi connectivity index (χ3v) is 6.85. The molecule has 2 saturated heterocycles. The number of nitrogens with zero attached hydrogens (tertiary/aromatic N) is 2. The van der Waals surface area contributed by atoms with Gasteiger partial charge in [0.25, 0.3) is 0 Å². The highest BCUT2D eigenvalue weighted by molar-refractivity contribution is 7.98. The van der Waals surface area contributed by atoms with Gasteiger partial charge < -0.3 is 9.64 Å². The molecule has 0 radical (unpaired) electrons. The maximum atomic E-state index is 5.97. The Balaban J connectivity index is 1.37. The lowest BCUT2D eigenvalue weighted by atomic mass is 9.63. The lowest BCUT2D eigenvalue weighted by Gasteiger charge is -2.55. The van der Waals surface area contributed by atoms with E-state index in [4.69, 9.17) is 9.13 Å². The van der Waals surface area contributed by atoms with E-state index < -0.39 is 0 Å².